The fourth-order valence-electron chi connectivity index (χ4n) is 12.5. The minimum absolute atomic E-state index is 0.00789. The van der Waals surface area contributed by atoms with E-state index in [1.165, 1.54) is 360 Å². The number of hydrogen-bond acceptors (Lipinski definition) is 5. The Bertz CT molecular complexity index is 1470. The summed E-state index contributed by atoms with van der Waals surface area (Å²) in [6, 6.07) is -0.625. The first-order chi connectivity index (χ1) is 43.5. The molecule has 0 aliphatic carbocycles. The topological polar surface area (TPSA) is 95.9 Å². The molecule has 0 aliphatic rings. The number of carbonyl (C=O) groups excluding carboxylic acids is 2. The molecule has 0 aromatic heterocycles. The van der Waals surface area contributed by atoms with Gasteiger partial charge in [-0.05, 0) is 83.5 Å². The Morgan fingerprint density at radius 1 is 0.318 bits per heavy atom. The van der Waals surface area contributed by atoms with Crippen LogP contribution in [0.3, 0.4) is 0 Å². The molecular weight excluding hydrogens is 1080 g/mol. The lowest BCUT2D eigenvalue weighted by atomic mass is 10.0. The van der Waals surface area contributed by atoms with Crippen molar-refractivity contribution in [3.05, 3.63) is 48.6 Å². The SMILES string of the molecule is CCCC/C=C\C/C=C\CCCCCCCC(=O)OCCCCCCCCCCCCCCCCCCCC/C=C\CCCCCCCCCCCCCCCCCCCC(=O)NC(CO)C(O)/C=C/CCCCCCCCCCCCCCCCCC. The molecule has 88 heavy (non-hydrogen) atoms. The van der Waals surface area contributed by atoms with Gasteiger partial charge in [0.1, 0.15) is 0 Å². The molecule has 0 fully saturated rings. The van der Waals surface area contributed by atoms with Crippen molar-refractivity contribution < 1.29 is 24.5 Å². The summed E-state index contributed by atoms with van der Waals surface area (Å²) in [5.41, 5.74) is 0. The second-order valence-electron chi connectivity index (χ2n) is 27.4. The van der Waals surface area contributed by atoms with E-state index in [1.807, 2.05) is 6.08 Å². The van der Waals surface area contributed by atoms with Gasteiger partial charge in [0, 0.05) is 12.8 Å². The first kappa shape index (κ1) is 85.8. The molecular formula is C82H155NO5. The number of aliphatic hydroxyl groups excluding tert-OH is 2. The number of carbonyl (C=O) groups is 2. The molecule has 0 saturated heterocycles. The fraction of sp³-hybridized carbons (Fsp3) is 0.878. The third-order valence-corrected chi connectivity index (χ3v) is 18.6. The summed E-state index contributed by atoms with van der Waals surface area (Å²) in [4.78, 5) is 24.6. The number of amides is 1. The van der Waals surface area contributed by atoms with Gasteiger partial charge in [-0.3, -0.25) is 9.59 Å². The van der Waals surface area contributed by atoms with Crippen LogP contribution in [0.4, 0.5) is 0 Å². The van der Waals surface area contributed by atoms with Crippen molar-refractivity contribution in [2.24, 2.45) is 0 Å². The Morgan fingerprint density at radius 2 is 0.580 bits per heavy atom. The van der Waals surface area contributed by atoms with Gasteiger partial charge in [0.2, 0.25) is 5.91 Å². The number of nitrogens with one attached hydrogen (secondary N) is 1. The molecule has 6 nitrogen and oxygen atoms in total. The van der Waals surface area contributed by atoms with Gasteiger partial charge in [0.25, 0.3) is 0 Å². The van der Waals surface area contributed by atoms with Crippen LogP contribution in [-0.2, 0) is 14.3 Å². The molecule has 0 heterocycles. The van der Waals surface area contributed by atoms with Crippen molar-refractivity contribution in [2.45, 2.75) is 450 Å². The van der Waals surface area contributed by atoms with E-state index in [0.717, 1.165) is 51.4 Å². The van der Waals surface area contributed by atoms with E-state index in [1.54, 1.807) is 6.08 Å². The molecule has 0 saturated carbocycles. The number of rotatable bonds is 75. The Labute approximate surface area is 550 Å². The molecule has 0 rings (SSSR count). The van der Waals surface area contributed by atoms with Gasteiger partial charge in [-0.15, -0.1) is 0 Å². The highest BCUT2D eigenvalue weighted by atomic mass is 16.5. The smallest absolute Gasteiger partial charge is 0.305 e. The van der Waals surface area contributed by atoms with E-state index >= 15 is 0 Å². The lowest BCUT2D eigenvalue weighted by Gasteiger charge is -2.20. The average Bonchev–Trinajstić information content (AvgIpc) is 3.58. The van der Waals surface area contributed by atoms with Gasteiger partial charge < -0.3 is 20.3 Å². The van der Waals surface area contributed by atoms with Crippen molar-refractivity contribution in [2.75, 3.05) is 13.2 Å². The monoisotopic (exact) mass is 1230 g/mol. The van der Waals surface area contributed by atoms with Gasteiger partial charge in [0.15, 0.2) is 0 Å². The van der Waals surface area contributed by atoms with E-state index in [0.29, 0.717) is 19.4 Å². The Hall–Kier alpha value is -2.18. The number of allylic oxidation sites excluding steroid dienone is 7. The maximum Gasteiger partial charge on any atom is 0.305 e. The number of unbranched alkanes of at least 4 members (excludes halogenated alkanes) is 58. The third-order valence-electron chi connectivity index (χ3n) is 18.6. The number of esters is 1. The maximum atomic E-state index is 12.5. The summed E-state index contributed by atoms with van der Waals surface area (Å²) in [6.07, 6.45) is 102. The summed E-state index contributed by atoms with van der Waals surface area (Å²) in [6.45, 7) is 4.90. The van der Waals surface area contributed by atoms with Crippen LogP contribution in [0.15, 0.2) is 48.6 Å². The van der Waals surface area contributed by atoms with Gasteiger partial charge in [0.05, 0.1) is 25.4 Å². The van der Waals surface area contributed by atoms with Gasteiger partial charge in [-0.2, -0.15) is 0 Å². The second-order valence-corrected chi connectivity index (χ2v) is 27.4. The summed E-state index contributed by atoms with van der Waals surface area (Å²) in [5.74, 6) is -0.0522. The predicted octanol–water partition coefficient (Wildman–Crippen LogP) is 26.4. The molecule has 3 N–H and O–H groups in total. The van der Waals surface area contributed by atoms with Crippen LogP contribution in [0, 0.1) is 0 Å². The average molecular weight is 1240 g/mol. The quantitative estimate of drug-likeness (QED) is 0.0320. The van der Waals surface area contributed by atoms with Gasteiger partial charge >= 0.3 is 5.97 Å². The van der Waals surface area contributed by atoms with Crippen molar-refractivity contribution in [3.8, 4) is 0 Å². The van der Waals surface area contributed by atoms with E-state index in [2.05, 4.69) is 55.6 Å². The molecule has 0 radical (unpaired) electrons. The van der Waals surface area contributed by atoms with Crippen molar-refractivity contribution in [1.82, 2.24) is 5.32 Å². The van der Waals surface area contributed by atoms with Crippen molar-refractivity contribution in [1.29, 1.82) is 0 Å². The zero-order valence-corrected chi connectivity index (χ0v) is 59.5. The first-order valence-electron chi connectivity index (χ1n) is 39.9. The molecule has 0 aromatic carbocycles. The molecule has 0 aliphatic heterocycles. The Kier molecular flexibility index (Phi) is 75.4. The predicted molar refractivity (Wildman–Crippen MR) is 389 cm³/mol. The van der Waals surface area contributed by atoms with E-state index in [4.69, 9.17) is 4.74 Å². The lowest BCUT2D eigenvalue weighted by molar-refractivity contribution is -0.143. The summed E-state index contributed by atoms with van der Waals surface area (Å²) in [7, 11) is 0. The highest BCUT2D eigenvalue weighted by Gasteiger charge is 2.18. The third kappa shape index (κ3) is 72.9. The molecule has 2 atom stereocenters. The van der Waals surface area contributed by atoms with Crippen LogP contribution in [0.25, 0.3) is 0 Å². The summed E-state index contributed by atoms with van der Waals surface area (Å²) >= 11 is 0. The van der Waals surface area contributed by atoms with Gasteiger partial charge in [-0.25, -0.2) is 0 Å². The molecule has 0 aromatic rings. The minimum Gasteiger partial charge on any atom is -0.466 e. The lowest BCUT2D eigenvalue weighted by Crippen LogP contribution is -2.45. The van der Waals surface area contributed by atoms with E-state index < -0.39 is 12.1 Å². The molecule has 0 bridgehead atoms. The minimum atomic E-state index is -0.842. The molecule has 2 unspecified atom stereocenters. The molecule has 6 heteroatoms. The summed E-state index contributed by atoms with van der Waals surface area (Å²) < 4.78 is 5.49. The largest absolute Gasteiger partial charge is 0.466 e. The van der Waals surface area contributed by atoms with E-state index in [-0.39, 0.29) is 18.5 Å². The van der Waals surface area contributed by atoms with Crippen LogP contribution >= 0.6 is 0 Å². The van der Waals surface area contributed by atoms with Crippen molar-refractivity contribution >= 4 is 11.9 Å². The molecule has 518 valence electrons. The standard InChI is InChI=1S/C82H155NO5/c1-3-5-7-9-11-13-15-17-19-20-44-47-50-54-58-62-66-70-74-80(85)79(78-84)83-81(86)75-71-67-63-59-55-51-48-45-42-40-38-36-34-32-30-28-26-24-22-21-23-25-27-29-31-33-35-37-39-41-43-46-49-53-57-61-65-69-73-77-88-82(87)76-72-68-64-60-56-52-18-16-14-12-10-8-6-4-2/h10,12,16,18,21-22,70,74,79-80,84-85H,3-9,11,13-15,17,19-20,23-69,71-73,75-78H2,1-2H3,(H,83,86)/b12-10-,18-16-,22-21-,74-70+. The zero-order valence-electron chi connectivity index (χ0n) is 59.5. The summed E-state index contributed by atoms with van der Waals surface area (Å²) in [5, 5.41) is 23.2. The maximum absolute atomic E-state index is 12.5. The fourth-order valence-corrected chi connectivity index (χ4v) is 12.5. The normalized spacial score (nSPS) is 12.7. The van der Waals surface area contributed by atoms with E-state index in [9.17, 15) is 19.8 Å². The molecule has 0 spiro atoms. The number of hydrogen-bond donors (Lipinski definition) is 3. The van der Waals surface area contributed by atoms with Crippen LogP contribution in [0.2, 0.25) is 0 Å². The van der Waals surface area contributed by atoms with Crippen LogP contribution in [0.1, 0.15) is 438 Å². The van der Waals surface area contributed by atoms with Crippen LogP contribution in [0.5, 0.6) is 0 Å². The highest BCUT2D eigenvalue weighted by molar-refractivity contribution is 5.76. The second kappa shape index (κ2) is 77.3. The highest BCUT2D eigenvalue weighted by Crippen LogP contribution is 2.19. The van der Waals surface area contributed by atoms with Crippen molar-refractivity contribution in [3.63, 3.8) is 0 Å². The first-order valence-corrected chi connectivity index (χ1v) is 39.9. The Balaban J connectivity index is 3.34. The van der Waals surface area contributed by atoms with Crippen LogP contribution < -0.4 is 5.32 Å². The zero-order chi connectivity index (χ0) is 63.5. The van der Waals surface area contributed by atoms with Gasteiger partial charge in [-0.1, -0.05) is 390 Å². The Morgan fingerprint density at radius 3 is 0.909 bits per heavy atom. The molecule has 1 amide bonds. The number of aliphatic hydroxyl groups is 2. The van der Waals surface area contributed by atoms with Crippen LogP contribution in [-0.4, -0.2) is 47.4 Å². The number of ether oxygens (including phenoxy) is 1.